The minimum atomic E-state index is -0.715. The average Bonchev–Trinajstić information content (AvgIpc) is 2.28. The van der Waals surface area contributed by atoms with Gasteiger partial charge in [-0.15, -0.1) is 0 Å². The number of halogens is 1. The van der Waals surface area contributed by atoms with Gasteiger partial charge in [0.05, 0.1) is 0 Å². The van der Waals surface area contributed by atoms with E-state index in [9.17, 15) is 14.0 Å². The number of hydrogen-bond acceptors (Lipinski definition) is 4. The molecule has 1 amide bonds. The smallest absolute Gasteiger partial charge is 0.354 e. The van der Waals surface area contributed by atoms with E-state index in [2.05, 4.69) is 9.84 Å². The topological polar surface area (TPSA) is 59.0 Å². The van der Waals surface area contributed by atoms with E-state index in [1.165, 1.54) is 5.01 Å². The summed E-state index contributed by atoms with van der Waals surface area (Å²) in [6, 6.07) is 0. The van der Waals surface area contributed by atoms with E-state index in [0.717, 1.165) is 0 Å². The molecule has 1 aliphatic heterocycles. The maximum atomic E-state index is 11.8. The number of amides is 1. The maximum absolute atomic E-state index is 11.8. The molecule has 17 heavy (non-hydrogen) atoms. The van der Waals surface area contributed by atoms with E-state index in [0.29, 0.717) is 6.54 Å². The normalized spacial score (nSPS) is 16.1. The number of rotatable bonds is 5. The van der Waals surface area contributed by atoms with Crippen molar-refractivity contribution in [3.8, 4) is 0 Å². The molecule has 0 aromatic heterocycles. The Labute approximate surface area is 99.6 Å². The maximum Gasteiger partial charge on any atom is 0.354 e. The van der Waals surface area contributed by atoms with E-state index >= 15 is 0 Å². The molecule has 0 bridgehead atoms. The SMILES string of the molecule is CC(C)CN1N=C(C(=O)OCCF)CCC1=O. The Morgan fingerprint density at radius 1 is 1.53 bits per heavy atom. The number of esters is 1. The zero-order valence-electron chi connectivity index (χ0n) is 10.1. The molecule has 1 rings (SSSR count). The van der Waals surface area contributed by atoms with Crippen LogP contribution < -0.4 is 0 Å². The molecular formula is C11H17FN2O3. The number of ether oxygens (including phenoxy) is 1. The monoisotopic (exact) mass is 244 g/mol. The van der Waals surface area contributed by atoms with Gasteiger partial charge in [0.25, 0.3) is 0 Å². The van der Waals surface area contributed by atoms with E-state index in [1.54, 1.807) is 0 Å². The molecule has 0 N–H and O–H groups in total. The lowest BCUT2D eigenvalue weighted by atomic mass is 10.1. The largest absolute Gasteiger partial charge is 0.458 e. The van der Waals surface area contributed by atoms with Gasteiger partial charge >= 0.3 is 5.97 Å². The van der Waals surface area contributed by atoms with Gasteiger partial charge in [-0.3, -0.25) is 4.79 Å². The highest BCUT2D eigenvalue weighted by atomic mass is 19.1. The summed E-state index contributed by atoms with van der Waals surface area (Å²) in [5.41, 5.74) is 0.193. The van der Waals surface area contributed by atoms with Crippen LogP contribution in [0.15, 0.2) is 5.10 Å². The first-order valence-corrected chi connectivity index (χ1v) is 5.65. The molecule has 0 saturated carbocycles. The summed E-state index contributed by atoms with van der Waals surface area (Å²) in [6.07, 6.45) is 0.509. The van der Waals surface area contributed by atoms with E-state index in [4.69, 9.17) is 0 Å². The van der Waals surface area contributed by atoms with Gasteiger partial charge in [-0.1, -0.05) is 13.8 Å². The standard InChI is InChI=1S/C11H17FN2O3/c1-8(2)7-14-10(15)4-3-9(13-14)11(16)17-6-5-12/h8H,3-7H2,1-2H3. The zero-order chi connectivity index (χ0) is 12.8. The van der Waals surface area contributed by atoms with Gasteiger partial charge in [-0.2, -0.15) is 5.10 Å². The third-order valence-corrected chi connectivity index (χ3v) is 2.19. The molecule has 1 aliphatic rings. The Balaban J connectivity index is 2.66. The predicted molar refractivity (Wildman–Crippen MR) is 60.2 cm³/mol. The third-order valence-electron chi connectivity index (χ3n) is 2.19. The van der Waals surface area contributed by atoms with Crippen molar-refractivity contribution in [2.75, 3.05) is 19.8 Å². The van der Waals surface area contributed by atoms with E-state index in [-0.39, 0.29) is 37.0 Å². The highest BCUT2D eigenvalue weighted by molar-refractivity contribution is 6.37. The van der Waals surface area contributed by atoms with Crippen LogP contribution in [-0.4, -0.2) is 42.4 Å². The van der Waals surface area contributed by atoms with E-state index < -0.39 is 12.6 Å². The third kappa shape index (κ3) is 4.13. The molecule has 6 heteroatoms. The summed E-state index contributed by atoms with van der Waals surface area (Å²) in [6.45, 7) is 3.40. The lowest BCUT2D eigenvalue weighted by molar-refractivity contribution is -0.137. The average molecular weight is 244 g/mol. The number of alkyl halides is 1. The molecule has 0 radical (unpaired) electrons. The molecule has 0 aromatic carbocycles. The summed E-state index contributed by atoms with van der Waals surface area (Å²) < 4.78 is 16.5. The molecular weight excluding hydrogens is 227 g/mol. The van der Waals surface area contributed by atoms with Crippen molar-refractivity contribution in [2.24, 2.45) is 11.0 Å². The lowest BCUT2D eigenvalue weighted by Gasteiger charge is -2.24. The van der Waals surface area contributed by atoms with Gasteiger partial charge in [0.1, 0.15) is 19.0 Å². The number of hydrogen-bond donors (Lipinski definition) is 0. The highest BCUT2D eigenvalue weighted by Crippen LogP contribution is 2.12. The first kappa shape index (κ1) is 13.6. The van der Waals surface area contributed by atoms with Crippen LogP contribution in [0.2, 0.25) is 0 Å². The van der Waals surface area contributed by atoms with Crippen molar-refractivity contribution in [3.63, 3.8) is 0 Å². The van der Waals surface area contributed by atoms with Gasteiger partial charge in [0, 0.05) is 19.4 Å². The first-order valence-electron chi connectivity index (χ1n) is 5.65. The van der Waals surface area contributed by atoms with E-state index in [1.807, 2.05) is 13.8 Å². The second kappa shape index (κ2) is 6.32. The molecule has 5 nitrogen and oxygen atoms in total. The van der Waals surface area contributed by atoms with Crippen molar-refractivity contribution in [3.05, 3.63) is 0 Å². The van der Waals surface area contributed by atoms with Gasteiger partial charge in [-0.05, 0) is 5.92 Å². The van der Waals surface area contributed by atoms with Crippen LogP contribution >= 0.6 is 0 Å². The van der Waals surface area contributed by atoms with Gasteiger partial charge in [0.2, 0.25) is 5.91 Å². The molecule has 0 aliphatic carbocycles. The van der Waals surface area contributed by atoms with Gasteiger partial charge in [-0.25, -0.2) is 14.2 Å². The summed E-state index contributed by atoms with van der Waals surface area (Å²) in [7, 11) is 0. The van der Waals surface area contributed by atoms with Crippen molar-refractivity contribution in [2.45, 2.75) is 26.7 Å². The molecule has 96 valence electrons. The van der Waals surface area contributed by atoms with Gasteiger partial charge in [0.15, 0.2) is 0 Å². The summed E-state index contributed by atoms with van der Waals surface area (Å²) in [5, 5.41) is 5.25. The van der Waals surface area contributed by atoms with Crippen LogP contribution in [0.1, 0.15) is 26.7 Å². The van der Waals surface area contributed by atoms with Crippen LogP contribution in [0.5, 0.6) is 0 Å². The number of nitrogens with zero attached hydrogens (tertiary/aromatic N) is 2. The van der Waals surface area contributed by atoms with Crippen LogP contribution in [0, 0.1) is 5.92 Å². The summed E-state index contributed by atoms with van der Waals surface area (Å²) >= 11 is 0. The van der Waals surface area contributed by atoms with Crippen LogP contribution in [0.3, 0.4) is 0 Å². The van der Waals surface area contributed by atoms with Crippen molar-refractivity contribution >= 4 is 17.6 Å². The number of carbonyl (C=O) groups is 2. The molecule has 1 heterocycles. The first-order chi connectivity index (χ1) is 8.04. The Hall–Kier alpha value is -1.46. The Bertz CT molecular complexity index is 329. The Morgan fingerprint density at radius 2 is 2.24 bits per heavy atom. The minimum Gasteiger partial charge on any atom is -0.458 e. The molecule has 0 fully saturated rings. The number of carbonyl (C=O) groups excluding carboxylic acids is 2. The van der Waals surface area contributed by atoms with Crippen molar-refractivity contribution < 1.29 is 18.7 Å². The quantitative estimate of drug-likeness (QED) is 0.681. The zero-order valence-corrected chi connectivity index (χ0v) is 10.1. The fraction of sp³-hybridized carbons (Fsp3) is 0.727. The minimum absolute atomic E-state index is 0.0965. The predicted octanol–water partition coefficient (Wildman–Crippen LogP) is 1.13. The molecule has 0 atom stereocenters. The fourth-order valence-electron chi connectivity index (χ4n) is 1.45. The van der Waals surface area contributed by atoms with Crippen LogP contribution in [0.4, 0.5) is 4.39 Å². The number of hydrazone groups is 1. The molecule has 0 spiro atoms. The highest BCUT2D eigenvalue weighted by Gasteiger charge is 2.25. The van der Waals surface area contributed by atoms with Gasteiger partial charge < -0.3 is 4.74 Å². The van der Waals surface area contributed by atoms with Crippen LogP contribution in [0.25, 0.3) is 0 Å². The second-order valence-corrected chi connectivity index (χ2v) is 4.24. The Morgan fingerprint density at radius 3 is 2.82 bits per heavy atom. The van der Waals surface area contributed by atoms with Crippen LogP contribution in [-0.2, 0) is 14.3 Å². The lowest BCUT2D eigenvalue weighted by Crippen LogP contribution is -2.37. The van der Waals surface area contributed by atoms with Crippen molar-refractivity contribution in [1.29, 1.82) is 0 Å². The second-order valence-electron chi connectivity index (χ2n) is 4.24. The molecule has 0 aromatic rings. The molecule has 0 saturated heterocycles. The fourth-order valence-corrected chi connectivity index (χ4v) is 1.45. The van der Waals surface area contributed by atoms with Crippen molar-refractivity contribution in [1.82, 2.24) is 5.01 Å². The Kier molecular flexibility index (Phi) is 5.06. The molecule has 0 unspecified atom stereocenters. The summed E-state index contributed by atoms with van der Waals surface area (Å²) in [5.74, 6) is -0.464. The summed E-state index contributed by atoms with van der Waals surface area (Å²) in [4.78, 5) is 23.0.